The second-order valence-electron chi connectivity index (χ2n) is 10.5. The van der Waals surface area contributed by atoms with E-state index in [0.29, 0.717) is 24.8 Å². The summed E-state index contributed by atoms with van der Waals surface area (Å²) in [5.74, 6) is 0.0635. The SMILES string of the molecule is Cc1cc(C(=O)N2Cc3cc(N4CCC(N5CCOCC5)CC4)ccc3C(C)(C)C2)n(C)n1. The third-order valence-corrected chi connectivity index (χ3v) is 7.67. The summed E-state index contributed by atoms with van der Waals surface area (Å²) in [6.45, 7) is 13.8. The third-order valence-electron chi connectivity index (χ3n) is 7.67. The first-order valence-electron chi connectivity index (χ1n) is 12.3. The average Bonchev–Trinajstić information content (AvgIpc) is 3.16. The van der Waals surface area contributed by atoms with Crippen LogP contribution in [0.25, 0.3) is 0 Å². The lowest BCUT2D eigenvalue weighted by Gasteiger charge is -2.42. The molecule has 0 unspecified atom stereocenters. The van der Waals surface area contributed by atoms with Crippen LogP contribution >= 0.6 is 0 Å². The second-order valence-corrected chi connectivity index (χ2v) is 10.5. The van der Waals surface area contributed by atoms with Crippen molar-refractivity contribution in [3.8, 4) is 0 Å². The molecular weight excluding hydrogens is 414 g/mol. The molecule has 4 heterocycles. The van der Waals surface area contributed by atoms with Gasteiger partial charge in [-0.25, -0.2) is 0 Å². The zero-order chi connectivity index (χ0) is 23.2. The predicted molar refractivity (Wildman–Crippen MR) is 130 cm³/mol. The lowest BCUT2D eigenvalue weighted by atomic mass is 9.78. The number of morpholine rings is 1. The van der Waals surface area contributed by atoms with Gasteiger partial charge in [0.25, 0.3) is 5.91 Å². The van der Waals surface area contributed by atoms with Crippen LogP contribution in [-0.2, 0) is 23.7 Å². The molecule has 5 rings (SSSR count). The van der Waals surface area contributed by atoms with Gasteiger partial charge in [0.2, 0.25) is 0 Å². The number of carbonyl (C=O) groups is 1. The highest BCUT2D eigenvalue weighted by Gasteiger charge is 2.35. The Hall–Kier alpha value is -2.38. The van der Waals surface area contributed by atoms with Crippen LogP contribution < -0.4 is 4.90 Å². The summed E-state index contributed by atoms with van der Waals surface area (Å²) in [4.78, 5) is 20.5. The average molecular weight is 452 g/mol. The normalized spacial score (nSPS) is 21.8. The predicted octanol–water partition coefficient (Wildman–Crippen LogP) is 2.96. The van der Waals surface area contributed by atoms with Gasteiger partial charge in [-0.3, -0.25) is 14.4 Å². The van der Waals surface area contributed by atoms with E-state index in [1.54, 1.807) is 4.68 Å². The molecule has 7 heteroatoms. The van der Waals surface area contributed by atoms with Crippen molar-refractivity contribution in [2.75, 3.05) is 50.8 Å². The number of carbonyl (C=O) groups excluding carboxylic acids is 1. The van der Waals surface area contributed by atoms with Crippen molar-refractivity contribution in [1.29, 1.82) is 0 Å². The first kappa shape index (κ1) is 22.4. The number of piperidine rings is 1. The molecule has 2 aromatic rings. The Bertz CT molecular complexity index is 1020. The van der Waals surface area contributed by atoms with Gasteiger partial charge >= 0.3 is 0 Å². The number of nitrogens with zero attached hydrogens (tertiary/aromatic N) is 5. The minimum Gasteiger partial charge on any atom is -0.379 e. The van der Waals surface area contributed by atoms with Gasteiger partial charge in [0.05, 0.1) is 18.9 Å². The van der Waals surface area contributed by atoms with E-state index in [9.17, 15) is 4.79 Å². The molecule has 0 saturated carbocycles. The Labute approximate surface area is 197 Å². The van der Waals surface area contributed by atoms with Gasteiger partial charge in [-0.05, 0) is 49.1 Å². The molecular formula is C26H37N5O2. The van der Waals surface area contributed by atoms with Gasteiger partial charge in [-0.15, -0.1) is 0 Å². The fourth-order valence-electron chi connectivity index (χ4n) is 5.94. The highest BCUT2D eigenvalue weighted by Crippen LogP contribution is 2.36. The summed E-state index contributed by atoms with van der Waals surface area (Å²) >= 11 is 0. The highest BCUT2D eigenvalue weighted by molar-refractivity contribution is 5.93. The topological polar surface area (TPSA) is 53.8 Å². The number of amides is 1. The van der Waals surface area contributed by atoms with Gasteiger partial charge in [0, 0.05) is 63.5 Å². The van der Waals surface area contributed by atoms with Crippen molar-refractivity contribution >= 4 is 11.6 Å². The summed E-state index contributed by atoms with van der Waals surface area (Å²) < 4.78 is 7.23. The van der Waals surface area contributed by atoms with Crippen molar-refractivity contribution in [1.82, 2.24) is 19.6 Å². The number of rotatable bonds is 3. The minimum absolute atomic E-state index is 0.0635. The summed E-state index contributed by atoms with van der Waals surface area (Å²) in [6, 6.07) is 9.49. The standard InChI is InChI=1S/C26H37N5O2/c1-19-15-24(28(4)27-19)25(32)31-17-20-16-22(5-6-23(20)26(2,3)18-31)29-9-7-21(8-10-29)30-11-13-33-14-12-30/h5-6,15-16,21H,7-14,17-18H2,1-4H3. The maximum atomic E-state index is 13.3. The molecule has 3 aliphatic rings. The molecule has 33 heavy (non-hydrogen) atoms. The van der Waals surface area contributed by atoms with Crippen LogP contribution in [0, 0.1) is 6.92 Å². The molecule has 0 radical (unpaired) electrons. The molecule has 0 atom stereocenters. The molecule has 178 valence electrons. The largest absolute Gasteiger partial charge is 0.379 e. The number of anilines is 1. The Kier molecular flexibility index (Phi) is 5.95. The van der Waals surface area contributed by atoms with Crippen molar-refractivity contribution < 1.29 is 9.53 Å². The lowest BCUT2D eigenvalue weighted by Crippen LogP contribution is -2.49. The molecule has 3 aliphatic heterocycles. The molecule has 0 spiro atoms. The highest BCUT2D eigenvalue weighted by atomic mass is 16.5. The van der Waals surface area contributed by atoms with E-state index in [2.05, 4.69) is 46.9 Å². The van der Waals surface area contributed by atoms with E-state index >= 15 is 0 Å². The molecule has 7 nitrogen and oxygen atoms in total. The number of benzene rings is 1. The van der Waals surface area contributed by atoms with Crippen LogP contribution in [0.2, 0.25) is 0 Å². The van der Waals surface area contributed by atoms with Crippen molar-refractivity contribution in [2.24, 2.45) is 7.05 Å². The van der Waals surface area contributed by atoms with Crippen LogP contribution in [0.15, 0.2) is 24.3 Å². The summed E-state index contributed by atoms with van der Waals surface area (Å²) in [5.41, 5.74) is 5.37. The quantitative estimate of drug-likeness (QED) is 0.718. The van der Waals surface area contributed by atoms with Crippen LogP contribution in [0.4, 0.5) is 5.69 Å². The van der Waals surface area contributed by atoms with Crippen molar-refractivity contribution in [3.63, 3.8) is 0 Å². The molecule has 1 aromatic carbocycles. The molecule has 1 aromatic heterocycles. The summed E-state index contributed by atoms with van der Waals surface area (Å²) in [7, 11) is 1.85. The summed E-state index contributed by atoms with van der Waals surface area (Å²) in [5, 5.41) is 4.37. The maximum Gasteiger partial charge on any atom is 0.272 e. The number of hydrogen-bond donors (Lipinski definition) is 0. The molecule has 2 saturated heterocycles. The van der Waals surface area contributed by atoms with Gasteiger partial charge < -0.3 is 14.5 Å². The van der Waals surface area contributed by atoms with E-state index in [4.69, 9.17) is 4.74 Å². The van der Waals surface area contributed by atoms with Crippen LogP contribution in [0.1, 0.15) is 54.0 Å². The Morgan fingerprint density at radius 1 is 1.09 bits per heavy atom. The third kappa shape index (κ3) is 4.41. The number of fused-ring (bicyclic) bond motifs is 1. The number of aromatic nitrogens is 2. The van der Waals surface area contributed by atoms with Gasteiger partial charge in [-0.2, -0.15) is 5.10 Å². The molecule has 2 fully saturated rings. The van der Waals surface area contributed by atoms with Crippen LogP contribution in [-0.4, -0.2) is 77.5 Å². The Morgan fingerprint density at radius 2 is 1.82 bits per heavy atom. The van der Waals surface area contributed by atoms with Crippen LogP contribution in [0.3, 0.4) is 0 Å². The zero-order valence-corrected chi connectivity index (χ0v) is 20.5. The Morgan fingerprint density at radius 3 is 2.48 bits per heavy atom. The Balaban J connectivity index is 1.32. The fraction of sp³-hybridized carbons (Fsp3) is 0.615. The number of hydrogen-bond acceptors (Lipinski definition) is 5. The second kappa shape index (κ2) is 8.76. The van der Waals surface area contributed by atoms with Gasteiger partial charge in [0.15, 0.2) is 0 Å². The maximum absolute atomic E-state index is 13.3. The fourth-order valence-corrected chi connectivity index (χ4v) is 5.94. The van der Waals surface area contributed by atoms with E-state index in [-0.39, 0.29) is 11.3 Å². The number of ether oxygens (including phenoxy) is 1. The summed E-state index contributed by atoms with van der Waals surface area (Å²) in [6.07, 6.45) is 2.40. The van der Waals surface area contributed by atoms with Crippen LogP contribution in [0.5, 0.6) is 0 Å². The first-order chi connectivity index (χ1) is 15.8. The smallest absolute Gasteiger partial charge is 0.272 e. The number of aryl methyl sites for hydroxylation is 2. The first-order valence-corrected chi connectivity index (χ1v) is 12.3. The monoisotopic (exact) mass is 451 g/mol. The van der Waals surface area contributed by atoms with E-state index in [0.717, 1.165) is 45.1 Å². The van der Waals surface area contributed by atoms with Crippen molar-refractivity contribution in [3.05, 3.63) is 46.8 Å². The van der Waals surface area contributed by atoms with E-state index in [1.807, 2.05) is 24.9 Å². The lowest BCUT2D eigenvalue weighted by molar-refractivity contribution is 0.0115. The van der Waals surface area contributed by atoms with E-state index < -0.39 is 0 Å². The molecule has 0 N–H and O–H groups in total. The van der Waals surface area contributed by atoms with E-state index in [1.165, 1.54) is 29.7 Å². The van der Waals surface area contributed by atoms with Crippen molar-refractivity contribution in [2.45, 2.75) is 51.6 Å². The van der Waals surface area contributed by atoms with Gasteiger partial charge in [-0.1, -0.05) is 19.9 Å². The molecule has 1 amide bonds. The molecule has 0 bridgehead atoms. The molecule has 0 aliphatic carbocycles. The zero-order valence-electron chi connectivity index (χ0n) is 20.5. The minimum atomic E-state index is -0.0846. The van der Waals surface area contributed by atoms with Gasteiger partial charge in [0.1, 0.15) is 5.69 Å².